The highest BCUT2D eigenvalue weighted by molar-refractivity contribution is 5.76. The van der Waals surface area contributed by atoms with Crippen molar-refractivity contribution >= 4 is 17.0 Å². The second-order valence-corrected chi connectivity index (χ2v) is 7.57. The van der Waals surface area contributed by atoms with Gasteiger partial charge in [0.15, 0.2) is 11.3 Å². The van der Waals surface area contributed by atoms with E-state index in [1.165, 1.54) is 11.7 Å². The van der Waals surface area contributed by atoms with Crippen molar-refractivity contribution in [2.75, 3.05) is 12.4 Å². The van der Waals surface area contributed by atoms with Crippen molar-refractivity contribution in [1.29, 1.82) is 0 Å². The van der Waals surface area contributed by atoms with Crippen molar-refractivity contribution in [1.82, 2.24) is 14.5 Å². The zero-order valence-corrected chi connectivity index (χ0v) is 18.2. The Morgan fingerprint density at radius 2 is 1.48 bits per heavy atom. The molecule has 33 heavy (non-hydrogen) atoms. The van der Waals surface area contributed by atoms with Gasteiger partial charge in [-0.1, -0.05) is 72.8 Å². The van der Waals surface area contributed by atoms with Crippen LogP contribution in [0.5, 0.6) is 5.75 Å². The number of hydrogen-bond acceptors (Lipinski definition) is 6. The van der Waals surface area contributed by atoms with Crippen molar-refractivity contribution in [3.8, 4) is 17.3 Å². The van der Waals surface area contributed by atoms with Crippen LogP contribution in [0.15, 0.2) is 94.1 Å². The van der Waals surface area contributed by atoms with Crippen LogP contribution in [0.4, 0.5) is 5.95 Å². The smallest absolute Gasteiger partial charge is 0.297 e. The molecule has 164 valence electrons. The molecule has 1 N–H and O–H groups in total. The van der Waals surface area contributed by atoms with Crippen LogP contribution >= 0.6 is 0 Å². The minimum atomic E-state index is -0.341. The summed E-state index contributed by atoms with van der Waals surface area (Å²) in [6.45, 7) is 0. The molecule has 0 unspecified atom stereocenters. The normalized spacial score (nSPS) is 11.1. The van der Waals surface area contributed by atoms with Gasteiger partial charge in [-0.3, -0.25) is 9.36 Å². The van der Waals surface area contributed by atoms with Gasteiger partial charge in [0.1, 0.15) is 5.52 Å². The van der Waals surface area contributed by atoms with Gasteiger partial charge in [0.2, 0.25) is 11.7 Å². The largest absolute Gasteiger partial charge is 0.489 e. The summed E-state index contributed by atoms with van der Waals surface area (Å²) in [4.78, 5) is 22.4. The third-order valence-electron chi connectivity index (χ3n) is 5.49. The molecule has 0 aliphatic heterocycles. The zero-order valence-electron chi connectivity index (χ0n) is 18.2. The summed E-state index contributed by atoms with van der Waals surface area (Å²) in [7, 11) is 3.09. The molecule has 0 bridgehead atoms. The van der Waals surface area contributed by atoms with Crippen LogP contribution in [0.25, 0.3) is 22.7 Å². The Morgan fingerprint density at radius 3 is 2.09 bits per heavy atom. The lowest BCUT2D eigenvalue weighted by atomic mass is 9.99. The number of para-hydroxylation sites is 2. The minimum Gasteiger partial charge on any atom is -0.489 e. The summed E-state index contributed by atoms with van der Waals surface area (Å²) in [5.41, 5.74) is 3.27. The fourth-order valence-electron chi connectivity index (χ4n) is 3.79. The zero-order chi connectivity index (χ0) is 22.8. The highest BCUT2D eigenvalue weighted by Gasteiger charge is 2.23. The molecule has 7 nitrogen and oxygen atoms in total. The molecule has 0 atom stereocenters. The Hall–Kier alpha value is -4.39. The van der Waals surface area contributed by atoms with Crippen molar-refractivity contribution in [2.24, 2.45) is 7.05 Å². The van der Waals surface area contributed by atoms with Crippen LogP contribution in [-0.2, 0) is 7.05 Å². The van der Waals surface area contributed by atoms with E-state index in [1.807, 2.05) is 84.9 Å². The second-order valence-electron chi connectivity index (χ2n) is 7.57. The summed E-state index contributed by atoms with van der Waals surface area (Å²) >= 11 is 0. The molecule has 0 radical (unpaired) electrons. The Bertz CT molecular complexity index is 1390. The van der Waals surface area contributed by atoms with E-state index in [4.69, 9.17) is 14.1 Å². The van der Waals surface area contributed by atoms with E-state index < -0.39 is 0 Å². The number of anilines is 1. The highest BCUT2D eigenvalue weighted by atomic mass is 16.5. The van der Waals surface area contributed by atoms with Gasteiger partial charge < -0.3 is 14.5 Å². The molecular formula is C26H22N4O3. The van der Waals surface area contributed by atoms with Crippen LogP contribution < -0.4 is 15.6 Å². The summed E-state index contributed by atoms with van der Waals surface area (Å²) in [5, 5.41) is 3.44. The first-order chi connectivity index (χ1) is 16.2. The average molecular weight is 438 g/mol. The van der Waals surface area contributed by atoms with E-state index in [9.17, 15) is 4.79 Å². The van der Waals surface area contributed by atoms with Gasteiger partial charge in [-0.25, -0.2) is 9.97 Å². The third-order valence-corrected chi connectivity index (χ3v) is 5.49. The van der Waals surface area contributed by atoms with Gasteiger partial charge in [-0.05, 0) is 23.3 Å². The van der Waals surface area contributed by atoms with Crippen molar-refractivity contribution in [3.05, 3.63) is 106 Å². The Kier molecular flexibility index (Phi) is 5.36. The van der Waals surface area contributed by atoms with Crippen LogP contribution in [0.3, 0.4) is 0 Å². The van der Waals surface area contributed by atoms with E-state index in [0.717, 1.165) is 11.1 Å². The van der Waals surface area contributed by atoms with Gasteiger partial charge in [0.05, 0.1) is 13.2 Å². The highest BCUT2D eigenvalue weighted by Crippen LogP contribution is 2.31. The molecule has 0 saturated heterocycles. The third kappa shape index (κ3) is 3.85. The Morgan fingerprint density at radius 1 is 0.879 bits per heavy atom. The molecule has 2 heterocycles. The maximum atomic E-state index is 13.2. The molecule has 7 heteroatoms. The first-order valence-electron chi connectivity index (χ1n) is 10.5. The minimum absolute atomic E-state index is 0.0746. The number of fused-ring (bicyclic) bond motifs is 1. The van der Waals surface area contributed by atoms with Crippen LogP contribution in [-0.4, -0.2) is 21.6 Å². The van der Waals surface area contributed by atoms with Crippen LogP contribution in [0, 0.1) is 0 Å². The summed E-state index contributed by atoms with van der Waals surface area (Å²) in [6.07, 6.45) is 0. The molecule has 0 fully saturated rings. The molecule has 0 spiro atoms. The number of nitrogens with one attached hydrogen (secondary N) is 1. The van der Waals surface area contributed by atoms with Crippen molar-refractivity contribution in [3.63, 3.8) is 0 Å². The first kappa shape index (κ1) is 20.5. The quantitative estimate of drug-likeness (QED) is 0.410. The monoisotopic (exact) mass is 438 g/mol. The molecule has 0 saturated carbocycles. The standard InChI is InChI=1S/C26H22N4O3/c1-30-25(31)23(32-2)22(24-27-19-15-9-10-16-20(19)33-24)29-26(30)28-21(17-11-5-3-6-12-17)18-13-7-4-8-14-18/h3-16,21H,1-2H3,(H,28,29). The number of hydrogen-bond donors (Lipinski definition) is 1. The average Bonchev–Trinajstić information content (AvgIpc) is 3.30. The molecule has 5 rings (SSSR count). The number of rotatable bonds is 6. The fourth-order valence-corrected chi connectivity index (χ4v) is 3.79. The SMILES string of the molecule is COc1c(-c2nc3ccccc3o2)nc(NC(c2ccccc2)c2ccccc2)n(C)c1=O. The van der Waals surface area contributed by atoms with Gasteiger partial charge >= 0.3 is 0 Å². The van der Waals surface area contributed by atoms with Crippen LogP contribution in [0.1, 0.15) is 17.2 Å². The van der Waals surface area contributed by atoms with E-state index in [-0.39, 0.29) is 28.9 Å². The van der Waals surface area contributed by atoms with E-state index in [1.54, 1.807) is 7.05 Å². The molecule has 0 aliphatic rings. The maximum Gasteiger partial charge on any atom is 0.297 e. The van der Waals surface area contributed by atoms with Crippen molar-refractivity contribution < 1.29 is 9.15 Å². The van der Waals surface area contributed by atoms with E-state index >= 15 is 0 Å². The fraction of sp³-hybridized carbons (Fsp3) is 0.115. The predicted molar refractivity (Wildman–Crippen MR) is 127 cm³/mol. The lowest BCUT2D eigenvalue weighted by Gasteiger charge is -2.22. The first-order valence-corrected chi connectivity index (χ1v) is 10.5. The number of aromatic nitrogens is 3. The van der Waals surface area contributed by atoms with Crippen molar-refractivity contribution in [2.45, 2.75) is 6.04 Å². The number of ether oxygens (including phenoxy) is 1. The molecule has 5 aromatic rings. The molecule has 3 aromatic carbocycles. The topological polar surface area (TPSA) is 82.2 Å². The molecular weight excluding hydrogens is 416 g/mol. The maximum absolute atomic E-state index is 13.2. The van der Waals surface area contributed by atoms with E-state index in [0.29, 0.717) is 17.0 Å². The van der Waals surface area contributed by atoms with Gasteiger partial charge in [0, 0.05) is 7.05 Å². The summed E-state index contributed by atoms with van der Waals surface area (Å²) in [5.74, 6) is 0.672. The molecule has 0 amide bonds. The summed E-state index contributed by atoms with van der Waals surface area (Å²) < 4.78 is 12.7. The summed E-state index contributed by atoms with van der Waals surface area (Å²) in [6, 6.07) is 27.2. The van der Waals surface area contributed by atoms with Gasteiger partial charge in [0.25, 0.3) is 11.4 Å². The van der Waals surface area contributed by atoms with E-state index in [2.05, 4.69) is 10.3 Å². The number of methoxy groups -OCH3 is 1. The molecule has 2 aromatic heterocycles. The van der Waals surface area contributed by atoms with Gasteiger partial charge in [-0.15, -0.1) is 0 Å². The number of benzene rings is 3. The van der Waals surface area contributed by atoms with Crippen LogP contribution in [0.2, 0.25) is 0 Å². The predicted octanol–water partition coefficient (Wildman–Crippen LogP) is 4.80. The van der Waals surface area contributed by atoms with Gasteiger partial charge in [-0.2, -0.15) is 0 Å². The second kappa shape index (κ2) is 8.63. The lowest BCUT2D eigenvalue weighted by Crippen LogP contribution is -2.26. The Labute approximate surface area is 190 Å². The number of oxazole rings is 1. The molecule has 0 aliphatic carbocycles. The lowest BCUT2D eigenvalue weighted by molar-refractivity contribution is 0.402. The Balaban J connectivity index is 1.65. The number of nitrogens with zero attached hydrogens (tertiary/aromatic N) is 3.